The third-order valence-electron chi connectivity index (χ3n) is 2.50. The van der Waals surface area contributed by atoms with E-state index in [0.29, 0.717) is 0 Å². The van der Waals surface area contributed by atoms with Crippen LogP contribution in [0.1, 0.15) is 12.7 Å². The molecule has 2 heterocycles. The molecule has 0 aliphatic carbocycles. The first-order valence-electron chi connectivity index (χ1n) is 5.87. The molecule has 0 radical (unpaired) electrons. The summed E-state index contributed by atoms with van der Waals surface area (Å²) in [7, 11) is 1.98. The van der Waals surface area contributed by atoms with Crippen LogP contribution in [0, 0.1) is 0 Å². The topological polar surface area (TPSA) is 73.5 Å². The predicted octanol–water partition coefficient (Wildman–Crippen LogP) is 0.308. The number of hydrogen-bond acceptors (Lipinski definition) is 6. The molecule has 0 unspecified atom stereocenters. The van der Waals surface area contributed by atoms with Gasteiger partial charge in [0.05, 0.1) is 12.3 Å². The van der Waals surface area contributed by atoms with Gasteiger partial charge in [-0.15, -0.1) is 5.10 Å². The Balaban J connectivity index is 1.89. The molecule has 0 bridgehead atoms. The molecule has 2 aromatic heterocycles. The number of thioether (sulfide) groups is 1. The Labute approximate surface area is 110 Å². The fourth-order valence-corrected chi connectivity index (χ4v) is 2.37. The fourth-order valence-electron chi connectivity index (χ4n) is 1.47. The number of rotatable bonds is 7. The highest BCUT2D eigenvalue weighted by Gasteiger charge is 2.08. The molecule has 0 aliphatic heterocycles. The summed E-state index contributed by atoms with van der Waals surface area (Å²) in [5.74, 6) is 1.78. The van der Waals surface area contributed by atoms with Crippen molar-refractivity contribution in [1.82, 2.24) is 35.1 Å². The Morgan fingerprint density at radius 2 is 2.33 bits per heavy atom. The van der Waals surface area contributed by atoms with Crippen LogP contribution in [0.25, 0.3) is 0 Å². The molecular weight excluding hydrogens is 250 g/mol. The smallest absolute Gasteiger partial charge is 0.209 e. The molecule has 7 nitrogen and oxygen atoms in total. The van der Waals surface area contributed by atoms with Crippen molar-refractivity contribution >= 4 is 11.8 Å². The minimum Gasteiger partial charge on any atom is -0.337 e. The molecule has 0 atom stereocenters. The van der Waals surface area contributed by atoms with Crippen LogP contribution < -0.4 is 5.32 Å². The number of nitrogens with one attached hydrogen (secondary N) is 1. The third kappa shape index (κ3) is 3.30. The lowest BCUT2D eigenvalue weighted by Gasteiger charge is -2.04. The van der Waals surface area contributed by atoms with Gasteiger partial charge < -0.3 is 9.88 Å². The number of aryl methyl sites for hydroxylation is 1. The van der Waals surface area contributed by atoms with Crippen LogP contribution in [0.2, 0.25) is 0 Å². The first-order valence-corrected chi connectivity index (χ1v) is 6.85. The van der Waals surface area contributed by atoms with Crippen LogP contribution in [-0.4, -0.2) is 42.8 Å². The molecule has 8 heteroatoms. The maximum atomic E-state index is 4.27. The third-order valence-corrected chi connectivity index (χ3v) is 3.45. The lowest BCUT2D eigenvalue weighted by atomic mass is 10.6. The van der Waals surface area contributed by atoms with E-state index in [-0.39, 0.29) is 0 Å². The van der Waals surface area contributed by atoms with Gasteiger partial charge in [-0.3, -0.25) is 0 Å². The van der Waals surface area contributed by atoms with Crippen LogP contribution in [0.3, 0.4) is 0 Å². The predicted molar refractivity (Wildman–Crippen MR) is 69.1 cm³/mol. The summed E-state index contributed by atoms with van der Waals surface area (Å²) >= 11 is 1.60. The molecule has 98 valence electrons. The number of imidazole rings is 1. The van der Waals surface area contributed by atoms with Crippen LogP contribution in [0.15, 0.2) is 17.6 Å². The minimum atomic E-state index is 0.769. The zero-order valence-corrected chi connectivity index (χ0v) is 11.4. The molecule has 0 saturated heterocycles. The molecule has 0 spiro atoms. The average Bonchev–Trinajstić information content (AvgIpc) is 2.96. The van der Waals surface area contributed by atoms with Gasteiger partial charge in [-0.25, -0.2) is 9.67 Å². The SMILES string of the molecule is CCNCCn1nnnc1SCc1nccn1C. The van der Waals surface area contributed by atoms with Crippen LogP contribution in [0.5, 0.6) is 0 Å². The van der Waals surface area contributed by atoms with Gasteiger partial charge in [0, 0.05) is 26.0 Å². The molecule has 0 fully saturated rings. The second kappa shape index (κ2) is 6.50. The molecule has 2 aromatic rings. The summed E-state index contributed by atoms with van der Waals surface area (Å²) in [5.41, 5.74) is 0. The Kier molecular flexibility index (Phi) is 4.71. The second-order valence-corrected chi connectivity index (χ2v) is 4.72. The van der Waals surface area contributed by atoms with Gasteiger partial charge >= 0.3 is 0 Å². The number of hydrogen-bond donors (Lipinski definition) is 1. The van der Waals surface area contributed by atoms with Crippen molar-refractivity contribution in [3.05, 3.63) is 18.2 Å². The van der Waals surface area contributed by atoms with Crippen molar-refractivity contribution < 1.29 is 0 Å². The molecule has 0 amide bonds. The van der Waals surface area contributed by atoms with E-state index < -0.39 is 0 Å². The Hall–Kier alpha value is -1.41. The summed E-state index contributed by atoms with van der Waals surface area (Å²) in [6.07, 6.45) is 3.73. The maximum absolute atomic E-state index is 4.27. The Bertz CT molecular complexity index is 478. The molecule has 0 aromatic carbocycles. The number of tetrazole rings is 1. The molecule has 2 rings (SSSR count). The van der Waals surface area contributed by atoms with Gasteiger partial charge in [0.1, 0.15) is 5.82 Å². The van der Waals surface area contributed by atoms with Crippen molar-refractivity contribution in [2.45, 2.75) is 24.4 Å². The highest BCUT2D eigenvalue weighted by atomic mass is 32.2. The maximum Gasteiger partial charge on any atom is 0.209 e. The zero-order valence-electron chi connectivity index (χ0n) is 10.6. The van der Waals surface area contributed by atoms with E-state index in [4.69, 9.17) is 0 Å². The molecule has 0 aliphatic rings. The minimum absolute atomic E-state index is 0.769. The summed E-state index contributed by atoms with van der Waals surface area (Å²) in [6, 6.07) is 0. The van der Waals surface area contributed by atoms with E-state index >= 15 is 0 Å². The van der Waals surface area contributed by atoms with Gasteiger partial charge in [0.15, 0.2) is 0 Å². The molecule has 18 heavy (non-hydrogen) atoms. The van der Waals surface area contributed by atoms with Crippen molar-refractivity contribution in [3.8, 4) is 0 Å². The monoisotopic (exact) mass is 267 g/mol. The van der Waals surface area contributed by atoms with E-state index in [1.54, 1.807) is 18.0 Å². The average molecular weight is 267 g/mol. The van der Waals surface area contributed by atoms with Crippen LogP contribution >= 0.6 is 11.8 Å². The number of nitrogens with zero attached hydrogens (tertiary/aromatic N) is 6. The highest BCUT2D eigenvalue weighted by molar-refractivity contribution is 7.98. The van der Waals surface area contributed by atoms with Gasteiger partial charge in [-0.2, -0.15) is 0 Å². The van der Waals surface area contributed by atoms with E-state index in [2.05, 4.69) is 32.7 Å². The van der Waals surface area contributed by atoms with Gasteiger partial charge in [0.2, 0.25) is 5.16 Å². The standard InChI is InChI=1S/C10H17N7S/c1-3-11-4-7-17-10(13-14-15-17)18-8-9-12-5-6-16(9)2/h5-6,11H,3-4,7-8H2,1-2H3. The largest absolute Gasteiger partial charge is 0.337 e. The highest BCUT2D eigenvalue weighted by Crippen LogP contribution is 2.18. The molecule has 0 saturated carbocycles. The van der Waals surface area contributed by atoms with E-state index in [1.165, 1.54) is 0 Å². The Morgan fingerprint density at radius 1 is 1.44 bits per heavy atom. The first kappa shape index (κ1) is 13.0. The van der Waals surface area contributed by atoms with Gasteiger partial charge in [-0.05, 0) is 17.0 Å². The summed E-state index contributed by atoms with van der Waals surface area (Å²) in [4.78, 5) is 4.27. The second-order valence-electron chi connectivity index (χ2n) is 3.78. The van der Waals surface area contributed by atoms with E-state index in [0.717, 1.165) is 36.4 Å². The fraction of sp³-hybridized carbons (Fsp3) is 0.600. The van der Waals surface area contributed by atoms with Crippen molar-refractivity contribution in [2.24, 2.45) is 7.05 Å². The van der Waals surface area contributed by atoms with Crippen molar-refractivity contribution in [2.75, 3.05) is 13.1 Å². The summed E-state index contributed by atoms with van der Waals surface area (Å²) < 4.78 is 3.82. The van der Waals surface area contributed by atoms with E-state index in [9.17, 15) is 0 Å². The normalized spacial score (nSPS) is 11.0. The lowest BCUT2D eigenvalue weighted by Crippen LogP contribution is -2.20. The van der Waals surface area contributed by atoms with Crippen LogP contribution in [0.4, 0.5) is 0 Å². The van der Waals surface area contributed by atoms with E-state index in [1.807, 2.05) is 22.5 Å². The van der Waals surface area contributed by atoms with Crippen LogP contribution in [-0.2, 0) is 19.3 Å². The number of likely N-dealkylation sites (N-methyl/N-ethyl adjacent to an activating group) is 1. The van der Waals surface area contributed by atoms with Crippen molar-refractivity contribution in [1.29, 1.82) is 0 Å². The first-order chi connectivity index (χ1) is 8.81. The zero-order chi connectivity index (χ0) is 12.8. The molecular formula is C10H17N7S. The van der Waals surface area contributed by atoms with Gasteiger partial charge in [-0.1, -0.05) is 18.7 Å². The van der Waals surface area contributed by atoms with Crippen molar-refractivity contribution in [3.63, 3.8) is 0 Å². The quantitative estimate of drug-likeness (QED) is 0.575. The lowest BCUT2D eigenvalue weighted by molar-refractivity contribution is 0.517. The summed E-state index contributed by atoms with van der Waals surface area (Å²) in [5, 5.41) is 15.8. The Morgan fingerprint density at radius 3 is 3.06 bits per heavy atom. The van der Waals surface area contributed by atoms with Gasteiger partial charge in [0.25, 0.3) is 0 Å². The molecule has 1 N–H and O–H groups in total. The number of aromatic nitrogens is 6. The summed E-state index contributed by atoms with van der Waals surface area (Å²) in [6.45, 7) is 4.69.